The Kier molecular flexibility index (Phi) is 3.38. The fourth-order valence-corrected chi connectivity index (χ4v) is 2.39. The van der Waals surface area contributed by atoms with E-state index in [0.717, 1.165) is 17.1 Å². The second-order valence-electron chi connectivity index (χ2n) is 6.58. The van der Waals surface area contributed by atoms with Gasteiger partial charge in [-0.05, 0) is 17.4 Å². The molecule has 1 amide bonds. The number of aromatic nitrogens is 6. The van der Waals surface area contributed by atoms with E-state index < -0.39 is 6.04 Å². The van der Waals surface area contributed by atoms with Crippen molar-refractivity contribution in [1.82, 2.24) is 35.1 Å². The first-order valence-electron chi connectivity index (χ1n) is 7.23. The maximum Gasteiger partial charge on any atom is 0.247 e. The van der Waals surface area contributed by atoms with Gasteiger partial charge in [-0.3, -0.25) is 4.79 Å². The highest BCUT2D eigenvalue weighted by Gasteiger charge is 2.30. The quantitative estimate of drug-likeness (QED) is 0.817. The molecule has 2 aromatic rings. The Balaban J connectivity index is 1.78. The summed E-state index contributed by atoms with van der Waals surface area (Å²) in [5.74, 6) is 0.775. The van der Waals surface area contributed by atoms with Crippen LogP contribution in [0.4, 0.5) is 0 Å². The van der Waals surface area contributed by atoms with E-state index in [9.17, 15) is 4.79 Å². The van der Waals surface area contributed by atoms with Gasteiger partial charge >= 0.3 is 0 Å². The second kappa shape index (κ2) is 5.11. The molecule has 0 spiro atoms. The van der Waals surface area contributed by atoms with Crippen molar-refractivity contribution in [2.45, 2.75) is 52.2 Å². The highest BCUT2D eigenvalue weighted by molar-refractivity contribution is 5.80. The summed E-state index contributed by atoms with van der Waals surface area (Å²) in [4.78, 5) is 23.4. The van der Waals surface area contributed by atoms with Gasteiger partial charge in [-0.1, -0.05) is 20.8 Å². The zero-order valence-corrected chi connectivity index (χ0v) is 13.2. The number of amides is 1. The first kappa shape index (κ1) is 14.6. The van der Waals surface area contributed by atoms with Crippen LogP contribution >= 0.6 is 0 Å². The molecule has 0 N–H and O–H groups in total. The number of hydrogen-bond donors (Lipinski definition) is 0. The van der Waals surface area contributed by atoms with Crippen molar-refractivity contribution in [3.63, 3.8) is 0 Å². The molecule has 0 aliphatic carbocycles. The third-order valence-electron chi connectivity index (χ3n) is 3.76. The molecule has 0 saturated carbocycles. The summed E-state index contributed by atoms with van der Waals surface area (Å²) in [6.45, 7) is 9.05. The van der Waals surface area contributed by atoms with Gasteiger partial charge in [0, 0.05) is 23.7 Å². The van der Waals surface area contributed by atoms with E-state index >= 15 is 0 Å². The third kappa shape index (κ3) is 2.56. The molecule has 0 unspecified atom stereocenters. The summed E-state index contributed by atoms with van der Waals surface area (Å²) in [6.07, 6.45) is 3.28. The van der Waals surface area contributed by atoms with Crippen molar-refractivity contribution < 1.29 is 4.79 Å². The lowest BCUT2D eigenvalue weighted by Gasteiger charge is -2.19. The number of tetrazole rings is 1. The van der Waals surface area contributed by atoms with Crippen LogP contribution in [-0.2, 0) is 23.3 Å². The fourth-order valence-electron chi connectivity index (χ4n) is 2.39. The standard InChI is InChI=1S/C14H19N7O/c1-9(21-8-16-18-19-21)12(22)20-6-10-5-15-13(14(2,3)4)17-11(10)7-20/h5,8-9H,6-7H2,1-4H3/t9-/m0/s1. The molecule has 3 rings (SSSR count). The summed E-state index contributed by atoms with van der Waals surface area (Å²) in [5, 5.41) is 10.9. The van der Waals surface area contributed by atoms with Gasteiger partial charge in [0.2, 0.25) is 5.91 Å². The maximum absolute atomic E-state index is 12.6. The molecule has 0 saturated heterocycles. The van der Waals surface area contributed by atoms with E-state index in [0.29, 0.717) is 13.1 Å². The molecule has 0 bridgehead atoms. The normalized spacial score (nSPS) is 15.7. The predicted octanol–water partition coefficient (Wildman–Crippen LogP) is 0.864. The molecule has 1 atom stereocenters. The van der Waals surface area contributed by atoms with Crippen LogP contribution in [0.15, 0.2) is 12.5 Å². The Bertz CT molecular complexity index is 690. The lowest BCUT2D eigenvalue weighted by Crippen LogP contribution is -2.32. The predicted molar refractivity (Wildman–Crippen MR) is 77.5 cm³/mol. The van der Waals surface area contributed by atoms with Gasteiger partial charge in [-0.25, -0.2) is 14.6 Å². The minimum absolute atomic E-state index is 0.0254. The minimum atomic E-state index is -0.431. The summed E-state index contributed by atoms with van der Waals surface area (Å²) in [7, 11) is 0. The van der Waals surface area contributed by atoms with Crippen LogP contribution in [0.1, 0.15) is 50.8 Å². The number of nitrogens with zero attached hydrogens (tertiary/aromatic N) is 7. The molecule has 0 aromatic carbocycles. The first-order chi connectivity index (χ1) is 10.4. The summed E-state index contributed by atoms with van der Waals surface area (Å²) in [5.41, 5.74) is 1.83. The van der Waals surface area contributed by atoms with Crippen molar-refractivity contribution >= 4 is 5.91 Å². The van der Waals surface area contributed by atoms with Crippen LogP contribution in [0.3, 0.4) is 0 Å². The van der Waals surface area contributed by atoms with Gasteiger partial charge in [0.15, 0.2) is 0 Å². The zero-order valence-electron chi connectivity index (χ0n) is 13.2. The lowest BCUT2D eigenvalue weighted by atomic mass is 9.95. The molecule has 2 aromatic heterocycles. The third-order valence-corrected chi connectivity index (χ3v) is 3.76. The van der Waals surface area contributed by atoms with Crippen LogP contribution in [0.2, 0.25) is 0 Å². The Hall–Kier alpha value is -2.38. The van der Waals surface area contributed by atoms with Gasteiger partial charge < -0.3 is 4.90 Å². The molecule has 1 aliphatic heterocycles. The van der Waals surface area contributed by atoms with Crippen LogP contribution in [0.5, 0.6) is 0 Å². The van der Waals surface area contributed by atoms with Crippen LogP contribution in [-0.4, -0.2) is 41.0 Å². The second-order valence-corrected chi connectivity index (χ2v) is 6.58. The van der Waals surface area contributed by atoms with Crippen molar-refractivity contribution in [3.05, 3.63) is 29.6 Å². The highest BCUT2D eigenvalue weighted by Crippen LogP contribution is 2.26. The van der Waals surface area contributed by atoms with Gasteiger partial charge in [-0.2, -0.15) is 0 Å². The Morgan fingerprint density at radius 1 is 1.32 bits per heavy atom. The van der Waals surface area contributed by atoms with Crippen LogP contribution in [0.25, 0.3) is 0 Å². The minimum Gasteiger partial charge on any atom is -0.330 e. The van der Waals surface area contributed by atoms with E-state index in [1.54, 1.807) is 11.8 Å². The lowest BCUT2D eigenvalue weighted by molar-refractivity contribution is -0.135. The number of carbonyl (C=O) groups excluding carboxylic acids is 1. The van der Waals surface area contributed by atoms with Crippen molar-refractivity contribution in [1.29, 1.82) is 0 Å². The molecule has 3 heterocycles. The smallest absolute Gasteiger partial charge is 0.247 e. The largest absolute Gasteiger partial charge is 0.330 e. The van der Waals surface area contributed by atoms with Gasteiger partial charge in [0.05, 0.1) is 12.2 Å². The monoisotopic (exact) mass is 301 g/mol. The Morgan fingerprint density at radius 3 is 2.73 bits per heavy atom. The van der Waals surface area contributed by atoms with E-state index in [-0.39, 0.29) is 11.3 Å². The zero-order chi connectivity index (χ0) is 15.9. The molecular weight excluding hydrogens is 282 g/mol. The van der Waals surface area contributed by atoms with Gasteiger partial charge in [0.1, 0.15) is 18.2 Å². The summed E-state index contributed by atoms with van der Waals surface area (Å²) >= 11 is 0. The SMILES string of the molecule is C[C@@H](C(=O)N1Cc2cnc(C(C)(C)C)nc2C1)n1cnnn1. The molecule has 8 nitrogen and oxygen atoms in total. The molecular formula is C14H19N7O. The van der Waals surface area contributed by atoms with E-state index in [4.69, 9.17) is 0 Å². The Morgan fingerprint density at radius 2 is 2.09 bits per heavy atom. The van der Waals surface area contributed by atoms with Crippen molar-refractivity contribution in [2.75, 3.05) is 0 Å². The number of rotatable bonds is 2. The number of carbonyl (C=O) groups is 1. The summed E-state index contributed by atoms with van der Waals surface area (Å²) < 4.78 is 1.46. The van der Waals surface area contributed by atoms with Crippen molar-refractivity contribution in [2.24, 2.45) is 0 Å². The molecule has 22 heavy (non-hydrogen) atoms. The van der Waals surface area contributed by atoms with Crippen LogP contribution < -0.4 is 0 Å². The number of fused-ring (bicyclic) bond motifs is 1. The first-order valence-corrected chi connectivity index (χ1v) is 7.23. The fraction of sp³-hybridized carbons (Fsp3) is 0.571. The Labute approximate surface area is 128 Å². The highest BCUT2D eigenvalue weighted by atomic mass is 16.2. The molecule has 116 valence electrons. The molecule has 1 aliphatic rings. The topological polar surface area (TPSA) is 89.7 Å². The maximum atomic E-state index is 12.6. The average Bonchev–Trinajstić information content (AvgIpc) is 3.12. The molecule has 8 heteroatoms. The van der Waals surface area contributed by atoms with E-state index in [1.165, 1.54) is 11.0 Å². The van der Waals surface area contributed by atoms with Crippen molar-refractivity contribution in [3.8, 4) is 0 Å². The van der Waals surface area contributed by atoms with E-state index in [1.807, 2.05) is 6.20 Å². The number of hydrogen-bond acceptors (Lipinski definition) is 6. The average molecular weight is 301 g/mol. The van der Waals surface area contributed by atoms with Crippen LogP contribution in [0, 0.1) is 0 Å². The van der Waals surface area contributed by atoms with Gasteiger partial charge in [-0.15, -0.1) is 5.10 Å². The molecule has 0 radical (unpaired) electrons. The molecule has 0 fully saturated rings. The van der Waals surface area contributed by atoms with E-state index in [2.05, 4.69) is 46.3 Å². The summed E-state index contributed by atoms with van der Waals surface area (Å²) in [6, 6.07) is -0.431. The van der Waals surface area contributed by atoms with Gasteiger partial charge in [0.25, 0.3) is 0 Å².